The molecule has 18 heavy (non-hydrogen) atoms. The predicted octanol–water partition coefficient (Wildman–Crippen LogP) is 1.40. The Hall–Kier alpha value is -1.00. The lowest BCUT2D eigenvalue weighted by molar-refractivity contribution is -0.121. The number of thiol groups is 1. The minimum atomic E-state index is -0.262. The van der Waals surface area contributed by atoms with E-state index in [1.54, 1.807) is 0 Å². The molecule has 98 valence electrons. The Morgan fingerprint density at radius 2 is 2.00 bits per heavy atom. The number of hydrogen-bond acceptors (Lipinski definition) is 3. The van der Waals surface area contributed by atoms with Gasteiger partial charge >= 0.3 is 0 Å². The normalized spacial score (nSPS) is 18.3. The highest BCUT2D eigenvalue weighted by molar-refractivity contribution is 7.81. The van der Waals surface area contributed by atoms with E-state index < -0.39 is 0 Å². The molecule has 0 aliphatic carbocycles. The van der Waals surface area contributed by atoms with Crippen molar-refractivity contribution in [3.8, 4) is 0 Å². The first-order valence-corrected chi connectivity index (χ1v) is 7.00. The molecule has 1 fully saturated rings. The van der Waals surface area contributed by atoms with Gasteiger partial charge in [0.2, 0.25) is 5.91 Å². The molecule has 0 radical (unpaired) electrons. The summed E-state index contributed by atoms with van der Waals surface area (Å²) in [4.78, 5) is 12.0. The maximum absolute atomic E-state index is 12.0. The van der Waals surface area contributed by atoms with Gasteiger partial charge in [-0.1, -0.05) is 30.3 Å². The summed E-state index contributed by atoms with van der Waals surface area (Å²) in [6.07, 6.45) is 2.70. The van der Waals surface area contributed by atoms with Gasteiger partial charge in [0.25, 0.3) is 0 Å². The van der Waals surface area contributed by atoms with Crippen LogP contribution in [0.15, 0.2) is 30.3 Å². The third kappa shape index (κ3) is 4.03. The van der Waals surface area contributed by atoms with Gasteiger partial charge < -0.3 is 10.6 Å². The molecule has 1 amide bonds. The molecule has 0 saturated carbocycles. The lowest BCUT2D eigenvalue weighted by atomic mass is 10.1. The predicted molar refractivity (Wildman–Crippen MR) is 77.0 cm³/mol. The van der Waals surface area contributed by atoms with Crippen LogP contribution in [-0.2, 0) is 11.2 Å². The SMILES string of the molecule is O=C(NC1CCNCC1)C(S)Cc1ccccc1. The van der Waals surface area contributed by atoms with E-state index >= 15 is 0 Å². The van der Waals surface area contributed by atoms with Gasteiger partial charge in [-0.15, -0.1) is 0 Å². The highest BCUT2D eigenvalue weighted by Crippen LogP contribution is 2.09. The Bertz CT molecular complexity index is 377. The van der Waals surface area contributed by atoms with E-state index in [1.807, 2.05) is 30.3 Å². The van der Waals surface area contributed by atoms with Gasteiger partial charge in [0.05, 0.1) is 5.25 Å². The monoisotopic (exact) mass is 264 g/mol. The van der Waals surface area contributed by atoms with Crippen molar-refractivity contribution >= 4 is 18.5 Å². The second-order valence-corrected chi connectivity index (χ2v) is 5.36. The number of rotatable bonds is 4. The van der Waals surface area contributed by atoms with Gasteiger partial charge in [-0.25, -0.2) is 0 Å². The van der Waals surface area contributed by atoms with E-state index in [2.05, 4.69) is 23.3 Å². The first-order chi connectivity index (χ1) is 8.75. The molecule has 1 aliphatic rings. The maximum Gasteiger partial charge on any atom is 0.233 e. The van der Waals surface area contributed by atoms with Crippen molar-refractivity contribution in [1.29, 1.82) is 0 Å². The zero-order valence-corrected chi connectivity index (χ0v) is 11.3. The summed E-state index contributed by atoms with van der Waals surface area (Å²) >= 11 is 4.41. The van der Waals surface area contributed by atoms with Crippen LogP contribution in [0.2, 0.25) is 0 Å². The Labute approximate surface area is 114 Å². The lowest BCUT2D eigenvalue weighted by Crippen LogP contribution is -2.45. The molecular weight excluding hydrogens is 244 g/mol. The second kappa shape index (κ2) is 6.81. The zero-order chi connectivity index (χ0) is 12.8. The summed E-state index contributed by atoms with van der Waals surface area (Å²) in [5.41, 5.74) is 1.15. The molecule has 1 aromatic carbocycles. The number of nitrogens with one attached hydrogen (secondary N) is 2. The number of carbonyl (C=O) groups is 1. The van der Waals surface area contributed by atoms with Crippen LogP contribution in [0, 0.1) is 0 Å². The van der Waals surface area contributed by atoms with Gasteiger partial charge in [-0.2, -0.15) is 12.6 Å². The van der Waals surface area contributed by atoms with Crippen molar-refractivity contribution < 1.29 is 4.79 Å². The Balaban J connectivity index is 1.81. The standard InChI is InChI=1S/C14H20N2OS/c17-14(16-12-6-8-15-9-7-12)13(18)10-11-4-2-1-3-5-11/h1-5,12-13,15,18H,6-10H2,(H,16,17). The molecular formula is C14H20N2OS. The highest BCUT2D eigenvalue weighted by Gasteiger charge is 2.20. The maximum atomic E-state index is 12.0. The zero-order valence-electron chi connectivity index (χ0n) is 10.4. The molecule has 4 heteroatoms. The first kappa shape index (κ1) is 13.4. The van der Waals surface area contributed by atoms with Crippen LogP contribution in [0.5, 0.6) is 0 Å². The molecule has 3 nitrogen and oxygen atoms in total. The second-order valence-electron chi connectivity index (χ2n) is 4.74. The highest BCUT2D eigenvalue weighted by atomic mass is 32.1. The van der Waals surface area contributed by atoms with Crippen molar-refractivity contribution in [2.75, 3.05) is 13.1 Å². The number of carbonyl (C=O) groups excluding carboxylic acids is 1. The van der Waals surface area contributed by atoms with Crippen LogP contribution >= 0.6 is 12.6 Å². The van der Waals surface area contributed by atoms with Crippen molar-refractivity contribution in [2.24, 2.45) is 0 Å². The fraction of sp³-hybridized carbons (Fsp3) is 0.500. The van der Waals surface area contributed by atoms with Gasteiger partial charge in [0.1, 0.15) is 0 Å². The number of amides is 1. The molecule has 2 N–H and O–H groups in total. The molecule has 0 spiro atoms. The van der Waals surface area contributed by atoms with Crippen LogP contribution in [0.3, 0.4) is 0 Å². The Morgan fingerprint density at radius 3 is 2.67 bits per heavy atom. The molecule has 1 saturated heterocycles. The van der Waals surface area contributed by atoms with E-state index in [-0.39, 0.29) is 11.2 Å². The fourth-order valence-corrected chi connectivity index (χ4v) is 2.48. The van der Waals surface area contributed by atoms with Crippen molar-refractivity contribution in [1.82, 2.24) is 10.6 Å². The van der Waals surface area contributed by atoms with Gasteiger partial charge in [-0.3, -0.25) is 4.79 Å². The van der Waals surface area contributed by atoms with Crippen LogP contribution < -0.4 is 10.6 Å². The summed E-state index contributed by atoms with van der Waals surface area (Å²) in [7, 11) is 0. The van der Waals surface area contributed by atoms with Gasteiger partial charge in [-0.05, 0) is 37.9 Å². The average Bonchev–Trinajstić information content (AvgIpc) is 2.41. The van der Waals surface area contributed by atoms with Crippen LogP contribution in [0.4, 0.5) is 0 Å². The number of hydrogen-bond donors (Lipinski definition) is 3. The molecule has 1 unspecified atom stereocenters. The van der Waals surface area contributed by atoms with Crippen molar-refractivity contribution in [3.05, 3.63) is 35.9 Å². The molecule has 1 heterocycles. The summed E-state index contributed by atoms with van der Waals surface area (Å²) in [6.45, 7) is 1.97. The van der Waals surface area contributed by atoms with Crippen LogP contribution in [-0.4, -0.2) is 30.3 Å². The van der Waals surface area contributed by atoms with Crippen LogP contribution in [0.1, 0.15) is 18.4 Å². The Morgan fingerprint density at radius 1 is 1.33 bits per heavy atom. The van der Waals surface area contributed by atoms with E-state index in [1.165, 1.54) is 0 Å². The van der Waals surface area contributed by atoms with Crippen LogP contribution in [0.25, 0.3) is 0 Å². The van der Waals surface area contributed by atoms with Crippen molar-refractivity contribution in [3.63, 3.8) is 0 Å². The number of benzene rings is 1. The van der Waals surface area contributed by atoms with E-state index in [4.69, 9.17) is 0 Å². The summed E-state index contributed by atoms with van der Waals surface area (Å²) < 4.78 is 0. The largest absolute Gasteiger partial charge is 0.352 e. The molecule has 2 rings (SSSR count). The molecule has 1 aliphatic heterocycles. The third-order valence-electron chi connectivity index (χ3n) is 3.26. The third-order valence-corrected chi connectivity index (χ3v) is 3.68. The Kier molecular flexibility index (Phi) is 5.08. The molecule has 1 aromatic rings. The van der Waals surface area contributed by atoms with E-state index in [0.29, 0.717) is 12.5 Å². The fourth-order valence-electron chi connectivity index (χ4n) is 2.19. The first-order valence-electron chi connectivity index (χ1n) is 6.49. The molecule has 1 atom stereocenters. The smallest absolute Gasteiger partial charge is 0.233 e. The van der Waals surface area contributed by atoms with Gasteiger partial charge in [0.15, 0.2) is 0 Å². The van der Waals surface area contributed by atoms with Gasteiger partial charge in [0, 0.05) is 6.04 Å². The molecule has 0 bridgehead atoms. The number of piperidine rings is 1. The topological polar surface area (TPSA) is 41.1 Å². The lowest BCUT2D eigenvalue weighted by Gasteiger charge is -2.25. The quantitative estimate of drug-likeness (QED) is 0.720. The van der Waals surface area contributed by atoms with E-state index in [9.17, 15) is 4.79 Å². The van der Waals surface area contributed by atoms with Crippen molar-refractivity contribution in [2.45, 2.75) is 30.6 Å². The minimum Gasteiger partial charge on any atom is -0.352 e. The van der Waals surface area contributed by atoms with E-state index in [0.717, 1.165) is 31.5 Å². The minimum absolute atomic E-state index is 0.0501. The summed E-state index contributed by atoms with van der Waals surface area (Å²) in [5.74, 6) is 0.0501. The summed E-state index contributed by atoms with van der Waals surface area (Å²) in [6, 6.07) is 10.3. The summed E-state index contributed by atoms with van der Waals surface area (Å²) in [5, 5.41) is 6.11. The average molecular weight is 264 g/mol. The molecule has 0 aromatic heterocycles.